The average molecular weight is 242 g/mol. The fourth-order valence-electron chi connectivity index (χ4n) is 2.61. The summed E-state index contributed by atoms with van der Waals surface area (Å²) in [4.78, 5) is 13.9. The Kier molecular flexibility index (Phi) is 4.11. The number of carbonyl (C=O) groups is 1. The highest BCUT2D eigenvalue weighted by Gasteiger charge is 2.25. The standard InChI is InChI=1S/C15H18N2O/c1-12(18)15-7-2-3-8-17(15)11-14-6-4-5-13(9-14)10-16/h4-6,9,15H,2-3,7-8,11H2,1H3. The fourth-order valence-corrected chi connectivity index (χ4v) is 2.61. The second kappa shape index (κ2) is 5.79. The number of hydrogen-bond donors (Lipinski definition) is 0. The first kappa shape index (κ1) is 12.8. The molecule has 0 amide bonds. The van der Waals surface area contributed by atoms with Crippen LogP contribution in [-0.4, -0.2) is 23.3 Å². The second-order valence-corrected chi connectivity index (χ2v) is 4.90. The van der Waals surface area contributed by atoms with E-state index in [1.54, 1.807) is 6.92 Å². The Labute approximate surface area is 108 Å². The number of piperidine rings is 1. The Bertz CT molecular complexity index is 476. The Balaban J connectivity index is 2.11. The molecule has 3 nitrogen and oxygen atoms in total. The fraction of sp³-hybridized carbons (Fsp3) is 0.467. The van der Waals surface area contributed by atoms with Gasteiger partial charge in [0.1, 0.15) is 5.78 Å². The number of likely N-dealkylation sites (tertiary alicyclic amines) is 1. The number of rotatable bonds is 3. The van der Waals surface area contributed by atoms with Gasteiger partial charge < -0.3 is 0 Å². The zero-order valence-corrected chi connectivity index (χ0v) is 10.7. The maximum absolute atomic E-state index is 11.6. The highest BCUT2D eigenvalue weighted by molar-refractivity contribution is 5.81. The molecule has 1 unspecified atom stereocenters. The van der Waals surface area contributed by atoms with Crippen LogP contribution in [0.25, 0.3) is 0 Å². The van der Waals surface area contributed by atoms with Gasteiger partial charge in [0.25, 0.3) is 0 Å². The minimum absolute atomic E-state index is 0.0597. The van der Waals surface area contributed by atoms with Crippen LogP contribution in [0.2, 0.25) is 0 Å². The molecule has 1 aromatic carbocycles. The first-order valence-electron chi connectivity index (χ1n) is 6.44. The molecule has 1 aliphatic heterocycles. The molecule has 94 valence electrons. The summed E-state index contributed by atoms with van der Waals surface area (Å²) in [6.45, 7) is 3.41. The van der Waals surface area contributed by atoms with Crippen molar-refractivity contribution >= 4 is 5.78 Å². The number of carbonyl (C=O) groups excluding carboxylic acids is 1. The number of nitriles is 1. The van der Waals surface area contributed by atoms with E-state index in [2.05, 4.69) is 11.0 Å². The van der Waals surface area contributed by atoms with E-state index in [-0.39, 0.29) is 11.8 Å². The molecule has 0 aliphatic carbocycles. The highest BCUT2D eigenvalue weighted by Crippen LogP contribution is 2.20. The molecule has 1 saturated heterocycles. The molecule has 1 aromatic rings. The van der Waals surface area contributed by atoms with E-state index in [4.69, 9.17) is 5.26 Å². The number of ketones is 1. The summed E-state index contributed by atoms with van der Waals surface area (Å²) in [6.07, 6.45) is 3.26. The SMILES string of the molecule is CC(=O)C1CCCCN1Cc1cccc(C#N)c1. The van der Waals surface area contributed by atoms with E-state index in [1.165, 1.54) is 0 Å². The molecule has 1 fully saturated rings. The van der Waals surface area contributed by atoms with Crippen LogP contribution >= 0.6 is 0 Å². The molecular weight excluding hydrogens is 224 g/mol. The predicted molar refractivity (Wildman–Crippen MR) is 69.9 cm³/mol. The quantitative estimate of drug-likeness (QED) is 0.818. The summed E-state index contributed by atoms with van der Waals surface area (Å²) >= 11 is 0. The van der Waals surface area contributed by atoms with E-state index in [0.717, 1.165) is 37.9 Å². The van der Waals surface area contributed by atoms with Crippen LogP contribution < -0.4 is 0 Å². The first-order chi connectivity index (χ1) is 8.70. The lowest BCUT2D eigenvalue weighted by Crippen LogP contribution is -2.43. The van der Waals surface area contributed by atoms with E-state index < -0.39 is 0 Å². The normalized spacial score (nSPS) is 20.3. The lowest BCUT2D eigenvalue weighted by molar-refractivity contribution is -0.123. The van der Waals surface area contributed by atoms with Gasteiger partial charge in [0.05, 0.1) is 17.7 Å². The molecular formula is C15H18N2O. The van der Waals surface area contributed by atoms with Crippen molar-refractivity contribution in [1.82, 2.24) is 4.90 Å². The topological polar surface area (TPSA) is 44.1 Å². The third-order valence-electron chi connectivity index (χ3n) is 3.52. The first-order valence-corrected chi connectivity index (χ1v) is 6.44. The van der Waals surface area contributed by atoms with E-state index in [0.29, 0.717) is 5.56 Å². The Morgan fingerprint density at radius 3 is 3.06 bits per heavy atom. The van der Waals surface area contributed by atoms with Crippen molar-refractivity contribution in [2.24, 2.45) is 0 Å². The van der Waals surface area contributed by atoms with Crippen LogP contribution in [0.4, 0.5) is 0 Å². The molecule has 1 aliphatic rings. The number of Topliss-reactive ketones (excluding diaryl/α,β-unsaturated/α-hetero) is 1. The van der Waals surface area contributed by atoms with Crippen LogP contribution in [0.15, 0.2) is 24.3 Å². The van der Waals surface area contributed by atoms with Gasteiger partial charge in [-0.2, -0.15) is 5.26 Å². The van der Waals surface area contributed by atoms with Gasteiger partial charge in [-0.25, -0.2) is 0 Å². The van der Waals surface area contributed by atoms with Gasteiger partial charge in [-0.05, 0) is 44.0 Å². The molecule has 3 heteroatoms. The molecule has 0 N–H and O–H groups in total. The van der Waals surface area contributed by atoms with Gasteiger partial charge >= 0.3 is 0 Å². The van der Waals surface area contributed by atoms with Crippen LogP contribution in [0, 0.1) is 11.3 Å². The molecule has 0 saturated carbocycles. The largest absolute Gasteiger partial charge is 0.298 e. The van der Waals surface area contributed by atoms with E-state index in [9.17, 15) is 4.79 Å². The van der Waals surface area contributed by atoms with E-state index in [1.807, 2.05) is 24.3 Å². The molecule has 0 aromatic heterocycles. The maximum atomic E-state index is 11.6. The van der Waals surface area contributed by atoms with Gasteiger partial charge in [0.2, 0.25) is 0 Å². The van der Waals surface area contributed by atoms with Crippen molar-refractivity contribution in [3.05, 3.63) is 35.4 Å². The van der Waals surface area contributed by atoms with Gasteiger partial charge in [-0.15, -0.1) is 0 Å². The number of benzene rings is 1. The van der Waals surface area contributed by atoms with Crippen molar-refractivity contribution < 1.29 is 4.79 Å². The Morgan fingerprint density at radius 2 is 2.33 bits per heavy atom. The van der Waals surface area contributed by atoms with Crippen molar-refractivity contribution in [2.45, 2.75) is 38.8 Å². The molecule has 0 bridgehead atoms. The second-order valence-electron chi connectivity index (χ2n) is 4.90. The van der Waals surface area contributed by atoms with Gasteiger partial charge in [0, 0.05) is 6.54 Å². The van der Waals surface area contributed by atoms with Gasteiger partial charge in [-0.3, -0.25) is 9.69 Å². The monoisotopic (exact) mass is 242 g/mol. The number of hydrogen-bond acceptors (Lipinski definition) is 3. The molecule has 0 radical (unpaired) electrons. The molecule has 1 heterocycles. The summed E-state index contributed by atoms with van der Waals surface area (Å²) < 4.78 is 0. The average Bonchev–Trinajstić information content (AvgIpc) is 2.39. The minimum Gasteiger partial charge on any atom is -0.298 e. The summed E-state index contributed by atoms with van der Waals surface area (Å²) in [5, 5.41) is 8.89. The maximum Gasteiger partial charge on any atom is 0.146 e. The zero-order chi connectivity index (χ0) is 13.0. The third-order valence-corrected chi connectivity index (χ3v) is 3.52. The summed E-state index contributed by atoms with van der Waals surface area (Å²) in [7, 11) is 0. The zero-order valence-electron chi connectivity index (χ0n) is 10.7. The van der Waals surface area contributed by atoms with Crippen molar-refractivity contribution in [2.75, 3.05) is 6.54 Å². The van der Waals surface area contributed by atoms with Crippen LogP contribution in [0.3, 0.4) is 0 Å². The third kappa shape index (κ3) is 2.96. The molecule has 2 rings (SSSR count). The van der Waals surface area contributed by atoms with Crippen LogP contribution in [-0.2, 0) is 11.3 Å². The Morgan fingerprint density at radius 1 is 1.50 bits per heavy atom. The van der Waals surface area contributed by atoms with Crippen LogP contribution in [0.1, 0.15) is 37.3 Å². The molecule has 18 heavy (non-hydrogen) atoms. The van der Waals surface area contributed by atoms with Crippen LogP contribution in [0.5, 0.6) is 0 Å². The summed E-state index contributed by atoms with van der Waals surface area (Å²) in [5.74, 6) is 0.256. The van der Waals surface area contributed by atoms with Gasteiger partial charge in [0.15, 0.2) is 0 Å². The Hall–Kier alpha value is -1.66. The van der Waals surface area contributed by atoms with Crippen molar-refractivity contribution in [1.29, 1.82) is 5.26 Å². The lowest BCUT2D eigenvalue weighted by atomic mass is 9.98. The minimum atomic E-state index is 0.0597. The van der Waals surface area contributed by atoms with Crippen molar-refractivity contribution in [3.8, 4) is 6.07 Å². The lowest BCUT2D eigenvalue weighted by Gasteiger charge is -2.34. The smallest absolute Gasteiger partial charge is 0.146 e. The molecule has 0 spiro atoms. The summed E-state index contributed by atoms with van der Waals surface area (Å²) in [5.41, 5.74) is 1.80. The van der Waals surface area contributed by atoms with Gasteiger partial charge in [-0.1, -0.05) is 18.6 Å². The van der Waals surface area contributed by atoms with E-state index >= 15 is 0 Å². The number of nitrogens with zero attached hydrogens (tertiary/aromatic N) is 2. The van der Waals surface area contributed by atoms with Crippen molar-refractivity contribution in [3.63, 3.8) is 0 Å². The summed E-state index contributed by atoms with van der Waals surface area (Å²) in [6, 6.07) is 9.85. The highest BCUT2D eigenvalue weighted by atomic mass is 16.1. The predicted octanol–water partition coefficient (Wildman–Crippen LogP) is 2.50. The molecule has 1 atom stereocenters.